The van der Waals surface area contributed by atoms with Crippen LogP contribution in [0.2, 0.25) is 0 Å². The predicted octanol–water partition coefficient (Wildman–Crippen LogP) is 3.35. The van der Waals surface area contributed by atoms with E-state index in [1.54, 1.807) is 24.1 Å². The first-order chi connectivity index (χ1) is 13.7. The number of ether oxygens (including phenoxy) is 1. The molecular formula is C21H25BrN2O4S. The Bertz CT molecular complexity index is 990. The third-order valence-corrected chi connectivity index (χ3v) is 7.06. The zero-order valence-corrected chi connectivity index (χ0v) is 19.1. The number of carbonyl (C=O) groups excluding carboxylic acids is 1. The number of hydrogen-bond donors (Lipinski definition) is 1. The molecule has 0 unspecified atom stereocenters. The van der Waals surface area contributed by atoms with Crippen molar-refractivity contribution in [1.82, 2.24) is 9.62 Å². The molecule has 1 N–H and O–H groups in total. The molecule has 0 radical (unpaired) electrons. The van der Waals surface area contributed by atoms with E-state index in [2.05, 4.69) is 20.7 Å². The number of nitrogens with one attached hydrogen (secondary N) is 1. The first-order valence-electron chi connectivity index (χ1n) is 9.44. The summed E-state index contributed by atoms with van der Waals surface area (Å²) in [6, 6.07) is 11.4. The average molecular weight is 481 g/mol. The molecule has 1 heterocycles. The van der Waals surface area contributed by atoms with Crippen LogP contribution in [0.3, 0.4) is 0 Å². The molecule has 2 aromatic rings. The van der Waals surface area contributed by atoms with Crippen LogP contribution < -0.4 is 9.46 Å². The van der Waals surface area contributed by atoms with Crippen molar-refractivity contribution in [3.63, 3.8) is 0 Å². The van der Waals surface area contributed by atoms with Gasteiger partial charge in [0.15, 0.2) is 0 Å². The monoisotopic (exact) mass is 480 g/mol. The first kappa shape index (κ1) is 21.8. The Morgan fingerprint density at radius 3 is 2.45 bits per heavy atom. The lowest BCUT2D eigenvalue weighted by Gasteiger charge is -2.33. The number of carbonyl (C=O) groups is 1. The third-order valence-electron chi connectivity index (χ3n) is 5.08. The maximum atomic E-state index is 13.2. The Morgan fingerprint density at radius 2 is 1.83 bits per heavy atom. The molecule has 6 nitrogen and oxygen atoms in total. The van der Waals surface area contributed by atoms with E-state index in [1.165, 1.54) is 17.7 Å². The number of amides is 1. The van der Waals surface area contributed by atoms with E-state index in [-0.39, 0.29) is 16.7 Å². The van der Waals surface area contributed by atoms with Gasteiger partial charge in [-0.05, 0) is 59.9 Å². The number of sulfonamides is 1. The summed E-state index contributed by atoms with van der Waals surface area (Å²) in [5.41, 5.74) is 2.22. The van der Waals surface area contributed by atoms with Crippen molar-refractivity contribution in [2.24, 2.45) is 5.92 Å². The van der Waals surface area contributed by atoms with Crippen molar-refractivity contribution in [3.8, 4) is 5.75 Å². The average Bonchev–Trinajstić information content (AvgIpc) is 2.70. The second-order valence-electron chi connectivity index (χ2n) is 7.44. The largest absolute Gasteiger partial charge is 0.497 e. The van der Waals surface area contributed by atoms with Gasteiger partial charge in [-0.25, -0.2) is 8.42 Å². The minimum atomic E-state index is -3.81. The van der Waals surface area contributed by atoms with Gasteiger partial charge in [-0.2, -0.15) is 4.72 Å². The van der Waals surface area contributed by atoms with Crippen molar-refractivity contribution in [1.29, 1.82) is 0 Å². The summed E-state index contributed by atoms with van der Waals surface area (Å²) in [5.74, 6) is 0.336. The molecule has 0 fully saturated rings. The fourth-order valence-electron chi connectivity index (χ4n) is 3.37. The van der Waals surface area contributed by atoms with E-state index in [0.29, 0.717) is 13.1 Å². The van der Waals surface area contributed by atoms with Gasteiger partial charge in [0.05, 0.1) is 12.0 Å². The van der Waals surface area contributed by atoms with Crippen LogP contribution in [0, 0.1) is 5.92 Å². The summed E-state index contributed by atoms with van der Waals surface area (Å²) < 4.78 is 34.3. The molecule has 0 bridgehead atoms. The maximum absolute atomic E-state index is 13.2. The van der Waals surface area contributed by atoms with Crippen LogP contribution in [0.1, 0.15) is 25.0 Å². The van der Waals surface area contributed by atoms with Crippen LogP contribution in [0.25, 0.3) is 0 Å². The Labute approximate surface area is 180 Å². The van der Waals surface area contributed by atoms with Gasteiger partial charge < -0.3 is 9.64 Å². The molecule has 2 aromatic carbocycles. The van der Waals surface area contributed by atoms with Gasteiger partial charge in [0.25, 0.3) is 0 Å². The van der Waals surface area contributed by atoms with Crippen molar-refractivity contribution < 1.29 is 17.9 Å². The second kappa shape index (κ2) is 8.85. The minimum absolute atomic E-state index is 0.132. The molecule has 0 saturated heterocycles. The van der Waals surface area contributed by atoms with E-state index < -0.39 is 16.1 Å². The molecule has 0 aliphatic carbocycles. The molecule has 3 rings (SSSR count). The summed E-state index contributed by atoms with van der Waals surface area (Å²) in [4.78, 5) is 15.1. The Balaban J connectivity index is 1.80. The SMILES string of the molecule is COc1ccc2c(c1)CN(C(=O)[C@@H](NS(=O)(=O)c1ccc(Br)cc1)C(C)C)CC2. The highest BCUT2D eigenvalue weighted by Crippen LogP contribution is 2.25. The van der Waals surface area contributed by atoms with Gasteiger partial charge in [-0.3, -0.25) is 4.79 Å². The van der Waals surface area contributed by atoms with Gasteiger partial charge in [0, 0.05) is 17.6 Å². The summed E-state index contributed by atoms with van der Waals surface area (Å²) in [7, 11) is -2.20. The van der Waals surface area contributed by atoms with Crippen LogP contribution >= 0.6 is 15.9 Å². The Kier molecular flexibility index (Phi) is 6.65. The van der Waals surface area contributed by atoms with E-state index in [0.717, 1.165) is 22.2 Å². The molecule has 29 heavy (non-hydrogen) atoms. The lowest BCUT2D eigenvalue weighted by atomic mass is 9.97. The Morgan fingerprint density at radius 1 is 1.14 bits per heavy atom. The first-order valence-corrected chi connectivity index (χ1v) is 11.7. The van der Waals surface area contributed by atoms with Crippen LogP contribution in [-0.2, 0) is 27.8 Å². The summed E-state index contributed by atoms with van der Waals surface area (Å²) in [5, 5.41) is 0. The molecule has 0 aromatic heterocycles. The molecular weight excluding hydrogens is 456 g/mol. The van der Waals surface area contributed by atoms with Crippen molar-refractivity contribution in [2.75, 3.05) is 13.7 Å². The molecule has 1 amide bonds. The van der Waals surface area contributed by atoms with Crippen LogP contribution in [0.15, 0.2) is 51.8 Å². The number of halogens is 1. The zero-order valence-electron chi connectivity index (χ0n) is 16.7. The van der Waals surface area contributed by atoms with E-state index in [9.17, 15) is 13.2 Å². The van der Waals surface area contributed by atoms with Gasteiger partial charge in [-0.15, -0.1) is 0 Å². The van der Waals surface area contributed by atoms with E-state index >= 15 is 0 Å². The quantitative estimate of drug-likeness (QED) is 0.687. The number of fused-ring (bicyclic) bond motifs is 1. The highest BCUT2D eigenvalue weighted by atomic mass is 79.9. The fourth-order valence-corrected chi connectivity index (χ4v) is 4.97. The zero-order chi connectivity index (χ0) is 21.2. The molecule has 1 aliphatic heterocycles. The lowest BCUT2D eigenvalue weighted by Crippen LogP contribution is -2.52. The van der Waals surface area contributed by atoms with Crippen molar-refractivity contribution >= 4 is 31.9 Å². The normalized spacial score (nSPS) is 15.1. The molecule has 1 atom stereocenters. The number of benzene rings is 2. The van der Waals surface area contributed by atoms with Gasteiger partial charge in [0.1, 0.15) is 11.8 Å². The standard InChI is InChI=1S/C21H25BrN2O4S/c1-14(2)20(23-29(26,27)19-8-5-17(22)6-9-19)21(25)24-11-10-15-4-7-18(28-3)12-16(15)13-24/h4-9,12,14,20,23H,10-11,13H2,1-3H3/t20-/m0/s1. The van der Waals surface area contributed by atoms with E-state index in [1.807, 2.05) is 32.0 Å². The van der Waals surface area contributed by atoms with E-state index in [4.69, 9.17) is 4.74 Å². The third kappa shape index (κ3) is 4.99. The number of rotatable bonds is 6. The van der Waals surface area contributed by atoms with Crippen molar-refractivity contribution in [2.45, 2.75) is 37.8 Å². The fraction of sp³-hybridized carbons (Fsp3) is 0.381. The maximum Gasteiger partial charge on any atom is 0.241 e. The van der Waals surface area contributed by atoms with Crippen LogP contribution in [0.4, 0.5) is 0 Å². The van der Waals surface area contributed by atoms with Crippen molar-refractivity contribution in [3.05, 3.63) is 58.1 Å². The van der Waals surface area contributed by atoms with Gasteiger partial charge >= 0.3 is 0 Å². The smallest absolute Gasteiger partial charge is 0.241 e. The highest BCUT2D eigenvalue weighted by Gasteiger charge is 2.33. The molecule has 8 heteroatoms. The predicted molar refractivity (Wildman–Crippen MR) is 115 cm³/mol. The minimum Gasteiger partial charge on any atom is -0.497 e. The highest BCUT2D eigenvalue weighted by molar-refractivity contribution is 9.10. The topological polar surface area (TPSA) is 75.7 Å². The molecule has 0 saturated carbocycles. The summed E-state index contributed by atoms with van der Waals surface area (Å²) in [6.45, 7) is 4.68. The summed E-state index contributed by atoms with van der Waals surface area (Å²) in [6.07, 6.45) is 0.731. The molecule has 1 aliphatic rings. The number of hydrogen-bond acceptors (Lipinski definition) is 4. The number of methoxy groups -OCH3 is 1. The van der Waals surface area contributed by atoms with Gasteiger partial charge in [0.2, 0.25) is 15.9 Å². The summed E-state index contributed by atoms with van der Waals surface area (Å²) >= 11 is 3.30. The second-order valence-corrected chi connectivity index (χ2v) is 10.1. The van der Waals surface area contributed by atoms with Crippen LogP contribution in [-0.4, -0.2) is 38.9 Å². The van der Waals surface area contributed by atoms with Crippen LogP contribution in [0.5, 0.6) is 5.75 Å². The number of nitrogens with zero attached hydrogens (tertiary/aromatic N) is 1. The lowest BCUT2D eigenvalue weighted by molar-refractivity contribution is -0.135. The molecule has 0 spiro atoms. The Hall–Kier alpha value is -1.90. The molecule has 156 valence electrons. The van der Waals surface area contributed by atoms with Gasteiger partial charge in [-0.1, -0.05) is 35.8 Å².